The molecule has 3 aromatic rings. The van der Waals surface area contributed by atoms with E-state index in [1.54, 1.807) is 19.2 Å². The molecule has 1 heterocycles. The van der Waals surface area contributed by atoms with Crippen LogP contribution in [0.25, 0.3) is 0 Å². The molecule has 2 aromatic carbocycles. The van der Waals surface area contributed by atoms with Gasteiger partial charge in [-0.15, -0.1) is 16.8 Å². The highest BCUT2D eigenvalue weighted by atomic mass is 32.1. The molecule has 0 aliphatic carbocycles. The van der Waals surface area contributed by atoms with E-state index in [9.17, 15) is 10.1 Å². The summed E-state index contributed by atoms with van der Waals surface area (Å²) in [5.74, 6) is 0.545. The zero-order chi connectivity index (χ0) is 26.8. The Kier molecular flexibility index (Phi) is 9.64. The number of methoxy groups -OCH3 is 1. The second-order valence-electron chi connectivity index (χ2n) is 9.32. The molecule has 1 aromatic heterocycles. The number of allylic oxidation sites excluding steroid dienone is 1. The number of rotatable bonds is 12. The minimum absolute atomic E-state index is 0.169. The molecular weight excluding hydrogens is 488 g/mol. The van der Waals surface area contributed by atoms with Crippen molar-refractivity contribution in [1.82, 2.24) is 10.2 Å². The molecule has 0 aliphatic heterocycles. The van der Waals surface area contributed by atoms with Gasteiger partial charge < -0.3 is 14.2 Å². The highest BCUT2D eigenvalue weighted by Crippen LogP contribution is 2.30. The molecule has 37 heavy (non-hydrogen) atoms. The van der Waals surface area contributed by atoms with E-state index < -0.39 is 11.8 Å². The lowest BCUT2D eigenvalue weighted by Gasteiger charge is -2.15. The Bertz CT molecular complexity index is 1260. The Hall–Kier alpha value is -3.90. The molecule has 8 nitrogen and oxygen atoms in total. The standard InChI is InChI=1S/C28H32N4O4S/c1-6-9-20-10-7-8-11-22(20)35-14-15-36-23-13-12-19(17-24(23)34-5)16-21(18-29)25(33)30-27-32-31-26(37-27)28(2,3)4/h6-8,10-13,17,21H,1,9,14-16H2,2-5H3,(H,30,32,33). The van der Waals surface area contributed by atoms with Crippen LogP contribution in [0, 0.1) is 17.2 Å². The van der Waals surface area contributed by atoms with Gasteiger partial charge in [-0.25, -0.2) is 0 Å². The molecule has 194 valence electrons. The van der Waals surface area contributed by atoms with Crippen molar-refractivity contribution in [3.8, 4) is 23.3 Å². The number of nitrogens with zero attached hydrogens (tertiary/aromatic N) is 3. The van der Waals surface area contributed by atoms with Crippen molar-refractivity contribution in [2.45, 2.75) is 39.0 Å². The number of carbonyl (C=O) groups excluding carboxylic acids is 1. The van der Waals surface area contributed by atoms with Gasteiger partial charge in [0.1, 0.15) is 29.9 Å². The topological polar surface area (TPSA) is 106 Å². The molecule has 0 radical (unpaired) electrons. The summed E-state index contributed by atoms with van der Waals surface area (Å²) in [4.78, 5) is 12.7. The van der Waals surface area contributed by atoms with Gasteiger partial charge in [0.05, 0.1) is 13.2 Å². The largest absolute Gasteiger partial charge is 0.493 e. The lowest BCUT2D eigenvalue weighted by molar-refractivity contribution is -0.118. The normalized spacial score (nSPS) is 11.8. The summed E-state index contributed by atoms with van der Waals surface area (Å²) in [7, 11) is 1.55. The van der Waals surface area contributed by atoms with E-state index >= 15 is 0 Å². The fraction of sp³-hybridized carbons (Fsp3) is 0.357. The fourth-order valence-corrected chi connectivity index (χ4v) is 4.24. The maximum Gasteiger partial charge on any atom is 0.243 e. The third-order valence-corrected chi connectivity index (χ3v) is 6.64. The van der Waals surface area contributed by atoms with Gasteiger partial charge in [-0.3, -0.25) is 10.1 Å². The summed E-state index contributed by atoms with van der Waals surface area (Å²) in [6.45, 7) is 10.5. The number of ether oxygens (including phenoxy) is 3. The first-order valence-corrected chi connectivity index (χ1v) is 12.7. The summed E-state index contributed by atoms with van der Waals surface area (Å²) in [6.07, 6.45) is 2.78. The number of anilines is 1. The van der Waals surface area contributed by atoms with Gasteiger partial charge in [-0.05, 0) is 42.2 Å². The summed E-state index contributed by atoms with van der Waals surface area (Å²) in [5.41, 5.74) is 1.67. The summed E-state index contributed by atoms with van der Waals surface area (Å²) in [6, 6.07) is 15.3. The second kappa shape index (κ2) is 12.9. The third-order valence-electron chi connectivity index (χ3n) is 5.37. The molecule has 0 saturated carbocycles. The zero-order valence-corrected chi connectivity index (χ0v) is 22.4. The number of hydrogen-bond donors (Lipinski definition) is 1. The summed E-state index contributed by atoms with van der Waals surface area (Å²) >= 11 is 1.31. The third kappa shape index (κ3) is 7.79. The van der Waals surface area contributed by atoms with Crippen molar-refractivity contribution in [3.63, 3.8) is 0 Å². The Morgan fingerprint density at radius 2 is 1.86 bits per heavy atom. The van der Waals surface area contributed by atoms with Gasteiger partial charge in [0.25, 0.3) is 0 Å². The molecule has 0 aliphatic rings. The molecule has 9 heteroatoms. The Morgan fingerprint density at radius 3 is 2.51 bits per heavy atom. The monoisotopic (exact) mass is 520 g/mol. The first-order valence-electron chi connectivity index (χ1n) is 11.9. The minimum atomic E-state index is -0.900. The van der Waals surface area contributed by atoms with E-state index in [0.717, 1.165) is 28.3 Å². The van der Waals surface area contributed by atoms with E-state index in [0.29, 0.717) is 29.8 Å². The molecule has 3 rings (SSSR count). The molecule has 0 fully saturated rings. The van der Waals surface area contributed by atoms with E-state index in [-0.39, 0.29) is 11.8 Å². The van der Waals surface area contributed by atoms with Crippen molar-refractivity contribution < 1.29 is 19.0 Å². The molecular formula is C28H32N4O4S. The van der Waals surface area contributed by atoms with Crippen LogP contribution >= 0.6 is 11.3 Å². The van der Waals surface area contributed by atoms with Gasteiger partial charge in [0.15, 0.2) is 11.5 Å². The van der Waals surface area contributed by atoms with Gasteiger partial charge in [-0.2, -0.15) is 5.26 Å². The van der Waals surface area contributed by atoms with Crippen LogP contribution in [0.5, 0.6) is 17.2 Å². The van der Waals surface area contributed by atoms with Crippen LogP contribution < -0.4 is 19.5 Å². The van der Waals surface area contributed by atoms with E-state index in [1.807, 2.05) is 57.2 Å². The van der Waals surface area contributed by atoms with Crippen LogP contribution in [0.1, 0.15) is 36.9 Å². The van der Waals surface area contributed by atoms with E-state index in [1.165, 1.54) is 11.3 Å². The maximum absolute atomic E-state index is 12.7. The van der Waals surface area contributed by atoms with Gasteiger partial charge in [0.2, 0.25) is 11.0 Å². The van der Waals surface area contributed by atoms with Crippen LogP contribution in [-0.4, -0.2) is 36.4 Å². The molecule has 0 bridgehead atoms. The minimum Gasteiger partial charge on any atom is -0.493 e. The number of para-hydroxylation sites is 1. The first-order chi connectivity index (χ1) is 17.7. The predicted octanol–water partition coefficient (Wildman–Crippen LogP) is 5.35. The van der Waals surface area contributed by atoms with Crippen LogP contribution in [-0.2, 0) is 23.1 Å². The van der Waals surface area contributed by atoms with Crippen molar-refractivity contribution in [3.05, 3.63) is 71.3 Å². The summed E-state index contributed by atoms with van der Waals surface area (Å²) < 4.78 is 17.2. The van der Waals surface area contributed by atoms with Crippen molar-refractivity contribution in [2.75, 3.05) is 25.6 Å². The van der Waals surface area contributed by atoms with E-state index in [4.69, 9.17) is 14.2 Å². The van der Waals surface area contributed by atoms with Crippen molar-refractivity contribution in [1.29, 1.82) is 5.26 Å². The first kappa shape index (κ1) is 27.7. The molecule has 1 amide bonds. The Morgan fingerprint density at radius 1 is 1.14 bits per heavy atom. The highest BCUT2D eigenvalue weighted by Gasteiger charge is 2.23. The van der Waals surface area contributed by atoms with Crippen LogP contribution in [0.15, 0.2) is 55.1 Å². The van der Waals surface area contributed by atoms with E-state index in [2.05, 4.69) is 28.2 Å². The number of nitriles is 1. The maximum atomic E-state index is 12.7. The number of hydrogen-bond acceptors (Lipinski definition) is 8. The number of benzene rings is 2. The average molecular weight is 521 g/mol. The quantitative estimate of drug-likeness (QED) is 0.253. The molecule has 1 unspecified atom stereocenters. The second-order valence-corrected chi connectivity index (χ2v) is 10.3. The fourth-order valence-electron chi connectivity index (χ4n) is 3.43. The predicted molar refractivity (Wildman–Crippen MR) is 144 cm³/mol. The average Bonchev–Trinajstić information content (AvgIpc) is 3.35. The van der Waals surface area contributed by atoms with Gasteiger partial charge in [-0.1, -0.05) is 62.4 Å². The van der Waals surface area contributed by atoms with Crippen molar-refractivity contribution >= 4 is 22.4 Å². The highest BCUT2D eigenvalue weighted by molar-refractivity contribution is 7.15. The number of aromatic nitrogens is 2. The molecule has 1 N–H and O–H groups in total. The lowest BCUT2D eigenvalue weighted by Crippen LogP contribution is -2.23. The number of nitrogens with one attached hydrogen (secondary N) is 1. The SMILES string of the molecule is C=CCc1ccccc1OCCOc1ccc(CC(C#N)C(=O)Nc2nnc(C(C)(C)C)s2)cc1OC. The van der Waals surface area contributed by atoms with Gasteiger partial charge >= 0.3 is 0 Å². The van der Waals surface area contributed by atoms with Crippen LogP contribution in [0.3, 0.4) is 0 Å². The Balaban J connectivity index is 1.57. The summed E-state index contributed by atoms with van der Waals surface area (Å²) in [5, 5.41) is 21.7. The molecule has 0 saturated heterocycles. The molecule has 0 spiro atoms. The van der Waals surface area contributed by atoms with Gasteiger partial charge in [0, 0.05) is 5.41 Å². The zero-order valence-electron chi connectivity index (χ0n) is 21.6. The van der Waals surface area contributed by atoms with Crippen LogP contribution in [0.4, 0.5) is 5.13 Å². The number of amides is 1. The van der Waals surface area contributed by atoms with Crippen molar-refractivity contribution in [2.24, 2.45) is 5.92 Å². The molecule has 1 atom stereocenters. The Labute approximate surface area is 221 Å². The number of carbonyl (C=O) groups is 1. The smallest absolute Gasteiger partial charge is 0.243 e. The van der Waals surface area contributed by atoms with Crippen LogP contribution in [0.2, 0.25) is 0 Å². The lowest BCUT2D eigenvalue weighted by atomic mass is 9.98.